The summed E-state index contributed by atoms with van der Waals surface area (Å²) in [5, 5.41) is 0. The summed E-state index contributed by atoms with van der Waals surface area (Å²) < 4.78 is 0. The van der Waals surface area contributed by atoms with Crippen molar-refractivity contribution in [3.8, 4) is 0 Å². The number of hydrogen-bond acceptors (Lipinski definition) is 0. The highest BCUT2D eigenvalue weighted by Crippen LogP contribution is 2.14. The van der Waals surface area contributed by atoms with Gasteiger partial charge in [-0.3, -0.25) is 0 Å². The Kier molecular flexibility index (Phi) is 6.84. The van der Waals surface area contributed by atoms with Crippen LogP contribution in [0, 0.1) is 5.92 Å². The number of hydrogen-bond donors (Lipinski definition) is 0. The van der Waals surface area contributed by atoms with Crippen molar-refractivity contribution in [3.05, 3.63) is 24.3 Å². The van der Waals surface area contributed by atoms with Crippen LogP contribution in [0.2, 0.25) is 0 Å². The molecule has 0 bridgehead atoms. The lowest BCUT2D eigenvalue weighted by molar-refractivity contribution is 0.635. The van der Waals surface area contributed by atoms with E-state index in [2.05, 4.69) is 39.5 Å². The van der Waals surface area contributed by atoms with Crippen LogP contribution in [0.1, 0.15) is 46.5 Å². The Morgan fingerprint density at radius 1 is 1.25 bits per heavy atom. The molecule has 0 aliphatic heterocycles. The molecule has 0 spiro atoms. The van der Waals surface area contributed by atoms with Gasteiger partial charge >= 0.3 is 0 Å². The van der Waals surface area contributed by atoms with Crippen LogP contribution in [0.5, 0.6) is 0 Å². The zero-order valence-electron chi connectivity index (χ0n) is 8.77. The predicted octanol–water partition coefficient (Wildman–Crippen LogP) is 4.34. The maximum Gasteiger partial charge on any atom is -0.0204 e. The maximum atomic E-state index is 3.83. The van der Waals surface area contributed by atoms with Crippen LogP contribution in [-0.4, -0.2) is 0 Å². The Morgan fingerprint density at radius 2 is 1.83 bits per heavy atom. The second kappa shape index (κ2) is 7.15. The molecule has 0 nitrogen and oxygen atoms in total. The molecule has 0 rings (SSSR count). The van der Waals surface area contributed by atoms with E-state index in [1.165, 1.54) is 25.7 Å². The summed E-state index contributed by atoms with van der Waals surface area (Å²) in [6, 6.07) is 0. The first-order valence-electron chi connectivity index (χ1n) is 5.08. The third kappa shape index (κ3) is 4.38. The molecule has 0 saturated heterocycles. The van der Waals surface area contributed by atoms with E-state index in [0.29, 0.717) is 5.92 Å². The van der Waals surface area contributed by atoms with Crippen LogP contribution in [-0.2, 0) is 0 Å². The fourth-order valence-corrected chi connectivity index (χ4v) is 1.29. The van der Waals surface area contributed by atoms with Gasteiger partial charge in [-0.05, 0) is 31.6 Å². The van der Waals surface area contributed by atoms with Crippen molar-refractivity contribution in [2.45, 2.75) is 46.5 Å². The molecule has 0 aromatic carbocycles. The first-order valence-corrected chi connectivity index (χ1v) is 5.08. The first kappa shape index (κ1) is 11.5. The second-order valence-electron chi connectivity index (χ2n) is 3.21. The lowest BCUT2D eigenvalue weighted by Gasteiger charge is -2.07. The van der Waals surface area contributed by atoms with Gasteiger partial charge in [0.1, 0.15) is 0 Å². The summed E-state index contributed by atoms with van der Waals surface area (Å²) >= 11 is 0. The highest BCUT2D eigenvalue weighted by molar-refractivity contribution is 5.02. The molecule has 70 valence electrons. The predicted molar refractivity (Wildman–Crippen MR) is 57.3 cm³/mol. The highest BCUT2D eigenvalue weighted by atomic mass is 14.0. The average Bonchev–Trinajstić information content (AvgIpc) is 2.13. The molecule has 0 saturated carbocycles. The Morgan fingerprint density at radius 3 is 2.17 bits per heavy atom. The molecule has 1 atom stereocenters. The summed E-state index contributed by atoms with van der Waals surface area (Å²) in [4.78, 5) is 0. The van der Waals surface area contributed by atoms with Gasteiger partial charge in [0, 0.05) is 0 Å². The summed E-state index contributed by atoms with van der Waals surface area (Å²) in [5.74, 6) is 0.679. The zero-order chi connectivity index (χ0) is 9.40. The van der Waals surface area contributed by atoms with Crippen LogP contribution in [0.4, 0.5) is 0 Å². The molecule has 0 amide bonds. The summed E-state index contributed by atoms with van der Waals surface area (Å²) in [7, 11) is 0. The molecule has 0 aliphatic carbocycles. The summed E-state index contributed by atoms with van der Waals surface area (Å²) in [6.45, 7) is 10.5. The van der Waals surface area contributed by atoms with Crippen LogP contribution in [0.15, 0.2) is 24.3 Å². The smallest absolute Gasteiger partial charge is 0.0204 e. The van der Waals surface area contributed by atoms with Crippen molar-refractivity contribution < 1.29 is 0 Å². The van der Waals surface area contributed by atoms with Gasteiger partial charge in [-0.25, -0.2) is 0 Å². The van der Waals surface area contributed by atoms with E-state index >= 15 is 0 Å². The van der Waals surface area contributed by atoms with Crippen LogP contribution in [0.3, 0.4) is 0 Å². The molecule has 0 heterocycles. The largest absolute Gasteiger partial charge is 0.103 e. The lowest BCUT2D eigenvalue weighted by atomic mass is 9.99. The van der Waals surface area contributed by atoms with E-state index in [0.717, 1.165) is 0 Å². The van der Waals surface area contributed by atoms with Crippen molar-refractivity contribution in [1.82, 2.24) is 0 Å². The normalized spacial score (nSPS) is 12.2. The second-order valence-corrected chi connectivity index (χ2v) is 3.21. The molecule has 0 fully saturated rings. The highest BCUT2D eigenvalue weighted by Gasteiger charge is 1.98. The van der Waals surface area contributed by atoms with Gasteiger partial charge in [-0.15, -0.1) is 6.58 Å². The third-order valence-corrected chi connectivity index (χ3v) is 2.48. The third-order valence-electron chi connectivity index (χ3n) is 2.48. The first-order chi connectivity index (χ1) is 5.78. The Hall–Kier alpha value is -0.520. The number of allylic oxidation sites excluding steroid dienone is 3. The molecule has 0 radical (unpaired) electrons. The van der Waals surface area contributed by atoms with Gasteiger partial charge in [0.25, 0.3) is 0 Å². The van der Waals surface area contributed by atoms with Gasteiger partial charge in [0.2, 0.25) is 0 Å². The topological polar surface area (TPSA) is 0 Å². The minimum absolute atomic E-state index is 0.679. The van der Waals surface area contributed by atoms with E-state index in [1.807, 2.05) is 0 Å². The van der Waals surface area contributed by atoms with Crippen molar-refractivity contribution >= 4 is 0 Å². The Labute approximate surface area is 77.4 Å². The van der Waals surface area contributed by atoms with Crippen molar-refractivity contribution in [2.75, 3.05) is 0 Å². The molecule has 12 heavy (non-hydrogen) atoms. The van der Waals surface area contributed by atoms with E-state index in [-0.39, 0.29) is 0 Å². The monoisotopic (exact) mass is 166 g/mol. The van der Waals surface area contributed by atoms with Gasteiger partial charge in [-0.2, -0.15) is 0 Å². The van der Waals surface area contributed by atoms with Crippen molar-refractivity contribution in [3.63, 3.8) is 0 Å². The van der Waals surface area contributed by atoms with Crippen molar-refractivity contribution in [2.24, 2.45) is 5.92 Å². The van der Waals surface area contributed by atoms with E-state index < -0.39 is 0 Å². The summed E-state index contributed by atoms with van der Waals surface area (Å²) in [6.07, 6.45) is 9.24. The molecule has 0 aliphatic rings. The van der Waals surface area contributed by atoms with E-state index in [9.17, 15) is 0 Å². The van der Waals surface area contributed by atoms with Crippen LogP contribution < -0.4 is 0 Å². The molecule has 0 N–H and O–H groups in total. The maximum absolute atomic E-state index is 3.83. The van der Waals surface area contributed by atoms with Gasteiger partial charge in [-0.1, -0.05) is 38.5 Å². The standard InChI is InChI=1S/C12H22/c1-5-11(6-2)9-10-12(7-3)8-4/h5,10-11H,1,6-9H2,2-4H3. The van der Waals surface area contributed by atoms with E-state index in [4.69, 9.17) is 0 Å². The SMILES string of the molecule is C=CC(CC)CC=C(CC)CC. The molecular weight excluding hydrogens is 144 g/mol. The quantitative estimate of drug-likeness (QED) is 0.515. The molecule has 1 unspecified atom stereocenters. The van der Waals surface area contributed by atoms with Gasteiger partial charge < -0.3 is 0 Å². The minimum Gasteiger partial charge on any atom is -0.103 e. The van der Waals surface area contributed by atoms with Crippen molar-refractivity contribution in [1.29, 1.82) is 0 Å². The molecule has 0 heteroatoms. The average molecular weight is 166 g/mol. The Balaban J connectivity index is 3.89. The molecular formula is C12H22. The molecule has 0 aromatic rings. The summed E-state index contributed by atoms with van der Waals surface area (Å²) in [5.41, 5.74) is 1.58. The van der Waals surface area contributed by atoms with Gasteiger partial charge in [0.05, 0.1) is 0 Å². The van der Waals surface area contributed by atoms with E-state index in [1.54, 1.807) is 5.57 Å². The number of rotatable bonds is 6. The fraction of sp³-hybridized carbons (Fsp3) is 0.667. The minimum atomic E-state index is 0.679. The van der Waals surface area contributed by atoms with Crippen LogP contribution in [0.25, 0.3) is 0 Å². The fourth-order valence-electron chi connectivity index (χ4n) is 1.29. The Bertz CT molecular complexity index is 136. The zero-order valence-corrected chi connectivity index (χ0v) is 8.77. The van der Waals surface area contributed by atoms with Gasteiger partial charge in [0.15, 0.2) is 0 Å². The molecule has 0 aromatic heterocycles. The van der Waals surface area contributed by atoms with Crippen LogP contribution >= 0.6 is 0 Å². The lowest BCUT2D eigenvalue weighted by Crippen LogP contribution is -1.91.